The molecular weight excluding hydrogens is 282 g/mol. The molecule has 0 atom stereocenters. The minimum atomic E-state index is -1.01. The third kappa shape index (κ3) is 3.89. The molecule has 0 radical (unpaired) electrons. The van der Waals surface area contributed by atoms with Crippen LogP contribution in [0.5, 0.6) is 5.75 Å². The standard InChI is InChI=1S/C11H11BrF2O2/c1-7(15)3-2-4-16-10-6-8(12)5-9(13)11(10)14/h5-6H,2-4H2,1H3. The van der Waals surface area contributed by atoms with Crippen molar-refractivity contribution in [3.05, 3.63) is 28.2 Å². The van der Waals surface area contributed by atoms with Gasteiger partial charge in [-0.1, -0.05) is 15.9 Å². The summed E-state index contributed by atoms with van der Waals surface area (Å²) >= 11 is 3.04. The number of ether oxygens (including phenoxy) is 1. The minimum absolute atomic E-state index is 0.0458. The first-order valence-corrected chi connectivity index (χ1v) is 5.57. The van der Waals surface area contributed by atoms with Gasteiger partial charge in [0.15, 0.2) is 11.6 Å². The van der Waals surface area contributed by atoms with E-state index >= 15 is 0 Å². The highest BCUT2D eigenvalue weighted by Crippen LogP contribution is 2.25. The zero-order chi connectivity index (χ0) is 12.1. The van der Waals surface area contributed by atoms with Crippen LogP contribution in [0.4, 0.5) is 8.78 Å². The van der Waals surface area contributed by atoms with Gasteiger partial charge < -0.3 is 9.53 Å². The Morgan fingerprint density at radius 2 is 2.12 bits per heavy atom. The maximum absolute atomic E-state index is 13.2. The molecular formula is C11H11BrF2O2. The summed E-state index contributed by atoms with van der Waals surface area (Å²) in [5.74, 6) is -2.07. The van der Waals surface area contributed by atoms with Gasteiger partial charge in [-0.3, -0.25) is 0 Å². The van der Waals surface area contributed by atoms with E-state index in [0.717, 1.165) is 6.07 Å². The van der Waals surface area contributed by atoms with Crippen molar-refractivity contribution in [3.8, 4) is 5.75 Å². The van der Waals surface area contributed by atoms with Gasteiger partial charge in [0, 0.05) is 10.9 Å². The molecule has 0 aliphatic rings. The highest BCUT2D eigenvalue weighted by molar-refractivity contribution is 9.10. The van der Waals surface area contributed by atoms with Crippen LogP contribution in [0.15, 0.2) is 16.6 Å². The quantitative estimate of drug-likeness (QED) is 0.613. The molecule has 0 aliphatic heterocycles. The van der Waals surface area contributed by atoms with Gasteiger partial charge in [-0.2, -0.15) is 4.39 Å². The van der Waals surface area contributed by atoms with Crippen molar-refractivity contribution < 1.29 is 18.3 Å². The van der Waals surface area contributed by atoms with E-state index < -0.39 is 11.6 Å². The molecule has 5 heteroatoms. The van der Waals surface area contributed by atoms with Gasteiger partial charge in [0.05, 0.1) is 6.61 Å². The lowest BCUT2D eigenvalue weighted by molar-refractivity contribution is -0.117. The first-order chi connectivity index (χ1) is 7.50. The Kier molecular flexibility index (Phi) is 4.86. The number of ketones is 1. The summed E-state index contributed by atoms with van der Waals surface area (Å²) in [5.41, 5.74) is 0. The van der Waals surface area contributed by atoms with Crippen molar-refractivity contribution in [2.45, 2.75) is 19.8 Å². The van der Waals surface area contributed by atoms with Crippen LogP contribution in [-0.4, -0.2) is 12.4 Å². The Bertz CT molecular complexity index is 394. The zero-order valence-corrected chi connectivity index (χ0v) is 10.3. The number of Topliss-reactive ketones (excluding diaryl/α,β-unsaturated/α-hetero) is 1. The van der Waals surface area contributed by atoms with E-state index in [-0.39, 0.29) is 18.1 Å². The number of benzene rings is 1. The maximum atomic E-state index is 13.2. The molecule has 0 unspecified atom stereocenters. The molecule has 88 valence electrons. The van der Waals surface area contributed by atoms with Crippen LogP contribution in [0.2, 0.25) is 0 Å². The second kappa shape index (κ2) is 5.94. The smallest absolute Gasteiger partial charge is 0.200 e. The third-order valence-corrected chi connectivity index (χ3v) is 2.35. The van der Waals surface area contributed by atoms with Gasteiger partial charge in [-0.25, -0.2) is 4.39 Å². The van der Waals surface area contributed by atoms with Crippen LogP contribution in [0.1, 0.15) is 19.8 Å². The van der Waals surface area contributed by atoms with E-state index in [1.807, 2.05) is 0 Å². The highest BCUT2D eigenvalue weighted by Gasteiger charge is 2.11. The van der Waals surface area contributed by atoms with Gasteiger partial charge >= 0.3 is 0 Å². The number of hydrogen-bond donors (Lipinski definition) is 0. The van der Waals surface area contributed by atoms with Gasteiger partial charge in [0.25, 0.3) is 0 Å². The molecule has 2 nitrogen and oxygen atoms in total. The predicted octanol–water partition coefficient (Wildman–Crippen LogP) is 3.48. The number of rotatable bonds is 5. The van der Waals surface area contributed by atoms with E-state index in [1.54, 1.807) is 0 Å². The van der Waals surface area contributed by atoms with Gasteiger partial charge in [-0.15, -0.1) is 0 Å². The Morgan fingerprint density at radius 3 is 2.75 bits per heavy atom. The lowest BCUT2D eigenvalue weighted by Crippen LogP contribution is -2.02. The monoisotopic (exact) mass is 292 g/mol. The van der Waals surface area contributed by atoms with Crippen LogP contribution in [-0.2, 0) is 4.79 Å². The number of halogens is 3. The van der Waals surface area contributed by atoms with Gasteiger partial charge in [0.2, 0.25) is 5.82 Å². The van der Waals surface area contributed by atoms with Crippen LogP contribution >= 0.6 is 15.9 Å². The van der Waals surface area contributed by atoms with E-state index in [2.05, 4.69) is 15.9 Å². The predicted molar refractivity (Wildman–Crippen MR) is 59.5 cm³/mol. The molecule has 0 heterocycles. The topological polar surface area (TPSA) is 26.3 Å². The molecule has 1 aromatic carbocycles. The fraction of sp³-hybridized carbons (Fsp3) is 0.364. The molecule has 0 amide bonds. The molecule has 0 fully saturated rings. The summed E-state index contributed by atoms with van der Waals surface area (Å²) in [6.45, 7) is 1.66. The summed E-state index contributed by atoms with van der Waals surface area (Å²) in [7, 11) is 0. The van der Waals surface area contributed by atoms with Crippen molar-refractivity contribution in [1.29, 1.82) is 0 Å². The average Bonchev–Trinajstić information content (AvgIpc) is 2.19. The fourth-order valence-electron chi connectivity index (χ4n) is 1.14. The molecule has 0 N–H and O–H groups in total. The number of carbonyl (C=O) groups excluding carboxylic acids is 1. The van der Waals surface area contributed by atoms with Crippen molar-refractivity contribution in [3.63, 3.8) is 0 Å². The first kappa shape index (κ1) is 13.1. The Morgan fingerprint density at radius 1 is 1.44 bits per heavy atom. The molecule has 0 bridgehead atoms. The maximum Gasteiger partial charge on any atom is 0.200 e. The molecule has 1 aromatic rings. The molecule has 0 aliphatic carbocycles. The number of hydrogen-bond acceptors (Lipinski definition) is 2. The molecule has 0 saturated heterocycles. The van der Waals surface area contributed by atoms with Crippen molar-refractivity contribution in [1.82, 2.24) is 0 Å². The highest BCUT2D eigenvalue weighted by atomic mass is 79.9. The van der Waals surface area contributed by atoms with Crippen molar-refractivity contribution >= 4 is 21.7 Å². The lowest BCUT2D eigenvalue weighted by atomic mass is 10.2. The normalized spacial score (nSPS) is 10.2. The van der Waals surface area contributed by atoms with E-state index in [0.29, 0.717) is 17.3 Å². The molecule has 0 saturated carbocycles. The van der Waals surface area contributed by atoms with Gasteiger partial charge in [0.1, 0.15) is 5.78 Å². The largest absolute Gasteiger partial charge is 0.490 e. The van der Waals surface area contributed by atoms with Crippen molar-refractivity contribution in [2.75, 3.05) is 6.61 Å². The summed E-state index contributed by atoms with van der Waals surface area (Å²) < 4.78 is 31.6. The van der Waals surface area contributed by atoms with Gasteiger partial charge in [-0.05, 0) is 25.5 Å². The minimum Gasteiger partial charge on any atom is -0.490 e. The zero-order valence-electron chi connectivity index (χ0n) is 8.73. The SMILES string of the molecule is CC(=O)CCCOc1cc(Br)cc(F)c1F. The molecule has 0 aromatic heterocycles. The lowest BCUT2D eigenvalue weighted by Gasteiger charge is -2.07. The Balaban J connectivity index is 2.57. The van der Waals surface area contributed by atoms with Crippen LogP contribution in [0.3, 0.4) is 0 Å². The van der Waals surface area contributed by atoms with Crippen molar-refractivity contribution in [2.24, 2.45) is 0 Å². The summed E-state index contributed by atoms with van der Waals surface area (Å²) in [5, 5.41) is 0. The summed E-state index contributed by atoms with van der Waals surface area (Å²) in [4.78, 5) is 10.6. The van der Waals surface area contributed by atoms with Crippen LogP contribution in [0.25, 0.3) is 0 Å². The molecule has 1 rings (SSSR count). The summed E-state index contributed by atoms with van der Waals surface area (Å²) in [6.07, 6.45) is 0.862. The fourth-order valence-corrected chi connectivity index (χ4v) is 1.55. The average molecular weight is 293 g/mol. The van der Waals surface area contributed by atoms with Crippen LogP contribution in [0, 0.1) is 11.6 Å². The van der Waals surface area contributed by atoms with Crippen LogP contribution < -0.4 is 4.74 Å². The number of carbonyl (C=O) groups is 1. The first-order valence-electron chi connectivity index (χ1n) is 4.77. The molecule has 16 heavy (non-hydrogen) atoms. The second-order valence-electron chi connectivity index (χ2n) is 3.35. The third-order valence-electron chi connectivity index (χ3n) is 1.89. The van der Waals surface area contributed by atoms with E-state index in [1.165, 1.54) is 13.0 Å². The Hall–Kier alpha value is -0.970. The second-order valence-corrected chi connectivity index (χ2v) is 4.27. The summed E-state index contributed by atoms with van der Waals surface area (Å²) in [6, 6.07) is 2.38. The Labute approximate surface area is 101 Å². The van der Waals surface area contributed by atoms with E-state index in [4.69, 9.17) is 4.74 Å². The van der Waals surface area contributed by atoms with E-state index in [9.17, 15) is 13.6 Å². The molecule has 0 spiro atoms.